The first-order chi connectivity index (χ1) is 8.12. The van der Waals surface area contributed by atoms with Crippen molar-refractivity contribution in [2.75, 3.05) is 11.5 Å². The fourth-order valence-corrected chi connectivity index (χ4v) is 2.66. The highest BCUT2D eigenvalue weighted by Gasteiger charge is 2.21. The number of thioether (sulfide) groups is 1. The molecular formula is C13H24F2O2S. The van der Waals surface area contributed by atoms with E-state index >= 15 is 0 Å². The van der Waals surface area contributed by atoms with Crippen molar-refractivity contribution in [1.82, 2.24) is 0 Å². The Balaban J connectivity index is 3.48. The first-order valence-corrected chi connectivity index (χ1v) is 7.43. The van der Waals surface area contributed by atoms with Crippen molar-refractivity contribution >= 4 is 17.7 Å². The maximum atomic E-state index is 12.5. The minimum absolute atomic E-state index is 0.0311. The van der Waals surface area contributed by atoms with E-state index < -0.39 is 11.5 Å². The smallest absolute Gasteiger partial charge is 0.303 e. The zero-order chi connectivity index (χ0) is 14.2. The fourth-order valence-electron chi connectivity index (χ4n) is 1.55. The third-order valence-corrected chi connectivity index (χ3v) is 3.75. The lowest BCUT2D eigenvalue weighted by Crippen LogP contribution is -2.29. The maximum absolute atomic E-state index is 12.5. The second-order valence-electron chi connectivity index (χ2n) is 5.29. The molecule has 0 heterocycles. The van der Waals surface area contributed by atoms with Crippen molar-refractivity contribution in [1.29, 1.82) is 0 Å². The quantitative estimate of drug-likeness (QED) is 0.466. The van der Waals surface area contributed by atoms with E-state index in [2.05, 4.69) is 0 Å². The molecule has 0 aromatic rings. The average Bonchev–Trinajstić information content (AvgIpc) is 2.12. The number of esters is 1. The molecule has 0 aromatic heterocycles. The molecule has 0 aliphatic heterocycles. The average molecular weight is 282 g/mol. The number of carbonyl (C=O) groups is 1. The molecule has 18 heavy (non-hydrogen) atoms. The molecule has 0 fully saturated rings. The monoisotopic (exact) mass is 282 g/mol. The topological polar surface area (TPSA) is 26.3 Å². The Morgan fingerprint density at radius 1 is 1.17 bits per heavy atom. The van der Waals surface area contributed by atoms with Gasteiger partial charge in [-0.3, -0.25) is 4.79 Å². The number of ether oxygens (including phenoxy) is 1. The zero-order valence-electron chi connectivity index (χ0n) is 11.7. The van der Waals surface area contributed by atoms with Crippen LogP contribution in [0.4, 0.5) is 8.78 Å². The van der Waals surface area contributed by atoms with Crippen LogP contribution in [0.3, 0.4) is 0 Å². The Morgan fingerprint density at radius 2 is 1.78 bits per heavy atom. The van der Waals surface area contributed by atoms with Crippen LogP contribution in [0.2, 0.25) is 0 Å². The Morgan fingerprint density at radius 3 is 2.28 bits per heavy atom. The molecule has 0 unspecified atom stereocenters. The standard InChI is InChI=1S/C13H24F2O2S/c1-11(16)17-12(2,3)10-18-9-7-5-6-8-13(4,14)15/h5-10H2,1-4H3. The van der Waals surface area contributed by atoms with E-state index in [1.54, 1.807) is 11.8 Å². The van der Waals surface area contributed by atoms with Gasteiger partial charge in [-0.05, 0) is 39.4 Å². The summed E-state index contributed by atoms with van der Waals surface area (Å²) in [6, 6.07) is 0. The van der Waals surface area contributed by atoms with E-state index in [-0.39, 0.29) is 12.4 Å². The second kappa shape index (κ2) is 7.97. The molecule has 0 saturated carbocycles. The highest BCUT2D eigenvalue weighted by atomic mass is 32.2. The Labute approximate surface area is 113 Å². The van der Waals surface area contributed by atoms with Crippen molar-refractivity contribution in [3.8, 4) is 0 Å². The van der Waals surface area contributed by atoms with E-state index in [0.29, 0.717) is 6.42 Å². The Bertz CT molecular complexity index is 250. The predicted octanol–water partition coefficient (Wildman–Crippen LogP) is 4.28. The van der Waals surface area contributed by atoms with Crippen LogP contribution in [0.15, 0.2) is 0 Å². The number of halogens is 2. The number of carbonyl (C=O) groups excluding carboxylic acids is 1. The molecule has 0 amide bonds. The number of unbranched alkanes of at least 4 members (excludes halogenated alkanes) is 2. The normalized spacial score (nSPS) is 12.6. The summed E-state index contributed by atoms with van der Waals surface area (Å²) in [5.41, 5.74) is -0.451. The van der Waals surface area contributed by atoms with E-state index in [1.807, 2.05) is 13.8 Å². The third kappa shape index (κ3) is 12.1. The molecule has 0 aliphatic rings. The molecule has 108 valence electrons. The molecule has 0 spiro atoms. The molecule has 0 aliphatic carbocycles. The van der Waals surface area contributed by atoms with Crippen LogP contribution in [-0.2, 0) is 9.53 Å². The van der Waals surface area contributed by atoms with Gasteiger partial charge in [0, 0.05) is 19.1 Å². The molecule has 0 rings (SSSR count). The van der Waals surface area contributed by atoms with Gasteiger partial charge in [0.05, 0.1) is 0 Å². The van der Waals surface area contributed by atoms with Crippen LogP contribution < -0.4 is 0 Å². The number of hydrogen-bond acceptors (Lipinski definition) is 3. The van der Waals surface area contributed by atoms with Gasteiger partial charge in [-0.2, -0.15) is 11.8 Å². The van der Waals surface area contributed by atoms with Gasteiger partial charge < -0.3 is 4.74 Å². The summed E-state index contributed by atoms with van der Waals surface area (Å²) in [7, 11) is 0. The van der Waals surface area contributed by atoms with E-state index in [4.69, 9.17) is 4.74 Å². The summed E-state index contributed by atoms with van der Waals surface area (Å²) in [4.78, 5) is 10.8. The van der Waals surface area contributed by atoms with Crippen LogP contribution in [0, 0.1) is 0 Å². The summed E-state index contributed by atoms with van der Waals surface area (Å²) in [5, 5.41) is 0. The highest BCUT2D eigenvalue weighted by molar-refractivity contribution is 7.99. The Hall–Kier alpha value is -0.320. The minimum atomic E-state index is -2.54. The molecule has 0 saturated heterocycles. The first-order valence-electron chi connectivity index (χ1n) is 6.27. The fraction of sp³-hybridized carbons (Fsp3) is 0.923. The number of alkyl halides is 2. The summed E-state index contributed by atoms with van der Waals surface area (Å²) in [5.74, 6) is -1.16. The molecule has 2 nitrogen and oxygen atoms in total. The summed E-state index contributed by atoms with van der Waals surface area (Å²) in [6.07, 6.45) is 2.29. The van der Waals surface area contributed by atoms with Crippen LogP contribution in [0.5, 0.6) is 0 Å². The van der Waals surface area contributed by atoms with Crippen LogP contribution in [-0.4, -0.2) is 29.0 Å². The van der Waals surface area contributed by atoms with Gasteiger partial charge in [0.1, 0.15) is 5.60 Å². The third-order valence-electron chi connectivity index (χ3n) is 2.27. The molecule has 0 bridgehead atoms. The van der Waals surface area contributed by atoms with E-state index in [9.17, 15) is 13.6 Å². The summed E-state index contributed by atoms with van der Waals surface area (Å²) in [6.45, 7) is 6.11. The van der Waals surface area contributed by atoms with Crippen molar-refractivity contribution in [3.63, 3.8) is 0 Å². The Kier molecular flexibility index (Phi) is 7.83. The minimum Gasteiger partial charge on any atom is -0.459 e. The molecule has 0 atom stereocenters. The van der Waals surface area contributed by atoms with Gasteiger partial charge in [-0.25, -0.2) is 8.78 Å². The summed E-state index contributed by atoms with van der Waals surface area (Å²) >= 11 is 1.70. The van der Waals surface area contributed by atoms with Gasteiger partial charge in [0.25, 0.3) is 0 Å². The van der Waals surface area contributed by atoms with Gasteiger partial charge in [0.15, 0.2) is 0 Å². The van der Waals surface area contributed by atoms with Crippen LogP contribution in [0.1, 0.15) is 53.4 Å². The van der Waals surface area contributed by atoms with Gasteiger partial charge in [0.2, 0.25) is 5.92 Å². The van der Waals surface area contributed by atoms with Crippen LogP contribution in [0.25, 0.3) is 0 Å². The van der Waals surface area contributed by atoms with Crippen LogP contribution >= 0.6 is 11.8 Å². The molecule has 5 heteroatoms. The number of hydrogen-bond donors (Lipinski definition) is 0. The molecule has 0 radical (unpaired) electrons. The maximum Gasteiger partial charge on any atom is 0.303 e. The van der Waals surface area contributed by atoms with Crippen molar-refractivity contribution in [3.05, 3.63) is 0 Å². The van der Waals surface area contributed by atoms with Gasteiger partial charge in [-0.1, -0.05) is 6.42 Å². The molecule has 0 N–H and O–H groups in total. The molecular weight excluding hydrogens is 258 g/mol. The largest absolute Gasteiger partial charge is 0.459 e. The van der Waals surface area contributed by atoms with E-state index in [0.717, 1.165) is 31.3 Å². The van der Waals surface area contributed by atoms with Crippen molar-refractivity contribution in [2.24, 2.45) is 0 Å². The number of rotatable bonds is 9. The second-order valence-corrected chi connectivity index (χ2v) is 6.39. The SMILES string of the molecule is CC(=O)OC(C)(C)CSCCCCCC(C)(F)F. The van der Waals surface area contributed by atoms with Gasteiger partial charge >= 0.3 is 5.97 Å². The van der Waals surface area contributed by atoms with Crippen molar-refractivity contribution < 1.29 is 18.3 Å². The lowest BCUT2D eigenvalue weighted by Gasteiger charge is -2.23. The zero-order valence-corrected chi connectivity index (χ0v) is 12.5. The lowest BCUT2D eigenvalue weighted by molar-refractivity contribution is -0.151. The highest BCUT2D eigenvalue weighted by Crippen LogP contribution is 2.22. The predicted molar refractivity (Wildman–Crippen MR) is 72.3 cm³/mol. The first kappa shape index (κ1) is 17.7. The van der Waals surface area contributed by atoms with Gasteiger partial charge in [-0.15, -0.1) is 0 Å². The van der Waals surface area contributed by atoms with E-state index in [1.165, 1.54) is 6.92 Å². The summed E-state index contributed by atoms with van der Waals surface area (Å²) < 4.78 is 30.2. The lowest BCUT2D eigenvalue weighted by atomic mass is 10.1. The van der Waals surface area contributed by atoms with Crippen molar-refractivity contribution in [2.45, 2.75) is 64.9 Å². The molecule has 0 aromatic carbocycles.